The molecule has 1 aliphatic rings. The molecule has 0 unspecified atom stereocenters. The van der Waals surface area contributed by atoms with Gasteiger partial charge in [0.2, 0.25) is 11.8 Å². The highest BCUT2D eigenvalue weighted by Crippen LogP contribution is 2.24. The molecule has 2 aromatic rings. The topological polar surface area (TPSA) is 101 Å². The Bertz CT molecular complexity index is 746. The maximum Gasteiger partial charge on any atom is 0.226 e. The third kappa shape index (κ3) is 4.51. The number of rotatable bonds is 6. The Morgan fingerprint density at radius 2 is 2.12 bits per heavy atom. The standard InChI is InChI=1S/C17H22N6O2/c1-12-9-14(11-18)20-17(19-12)23-6-3-13(4-7-23)10-16-21-15(22-25-16)5-8-24-2/h9,13H,3-8,10H2,1-2H3. The smallest absolute Gasteiger partial charge is 0.226 e. The van der Waals surface area contributed by atoms with Gasteiger partial charge in [0.25, 0.3) is 0 Å². The Kier molecular flexibility index (Phi) is 5.56. The summed E-state index contributed by atoms with van der Waals surface area (Å²) < 4.78 is 10.4. The van der Waals surface area contributed by atoms with Crippen LogP contribution in [0, 0.1) is 24.2 Å². The minimum absolute atomic E-state index is 0.416. The quantitative estimate of drug-likeness (QED) is 0.781. The number of aryl methyl sites for hydroxylation is 1. The Hall–Kier alpha value is -2.53. The van der Waals surface area contributed by atoms with Gasteiger partial charge in [0.15, 0.2) is 5.82 Å². The SMILES string of the molecule is COCCc1noc(CC2CCN(c3nc(C)cc(C#N)n3)CC2)n1. The normalized spacial score (nSPS) is 15.3. The fourth-order valence-corrected chi connectivity index (χ4v) is 3.00. The molecule has 2 aromatic heterocycles. The van der Waals surface area contributed by atoms with Gasteiger partial charge in [-0.2, -0.15) is 10.2 Å². The number of methoxy groups -OCH3 is 1. The van der Waals surface area contributed by atoms with Gasteiger partial charge >= 0.3 is 0 Å². The zero-order valence-electron chi connectivity index (χ0n) is 14.6. The van der Waals surface area contributed by atoms with E-state index in [0.717, 1.165) is 38.0 Å². The van der Waals surface area contributed by atoms with Crippen LogP contribution in [0.2, 0.25) is 0 Å². The van der Waals surface area contributed by atoms with Gasteiger partial charge in [-0.25, -0.2) is 9.97 Å². The zero-order chi connectivity index (χ0) is 17.6. The van der Waals surface area contributed by atoms with E-state index in [1.165, 1.54) is 0 Å². The first-order chi connectivity index (χ1) is 12.2. The number of anilines is 1. The molecule has 0 aliphatic carbocycles. The highest BCUT2D eigenvalue weighted by Gasteiger charge is 2.23. The van der Waals surface area contributed by atoms with E-state index in [9.17, 15) is 0 Å². The highest BCUT2D eigenvalue weighted by atomic mass is 16.5. The second-order valence-corrected chi connectivity index (χ2v) is 6.29. The molecule has 0 spiro atoms. The van der Waals surface area contributed by atoms with Crippen LogP contribution in [0.15, 0.2) is 10.6 Å². The molecular weight excluding hydrogens is 320 g/mol. The third-order valence-corrected chi connectivity index (χ3v) is 4.36. The van der Waals surface area contributed by atoms with Crippen LogP contribution in [0.3, 0.4) is 0 Å². The monoisotopic (exact) mass is 342 g/mol. The lowest BCUT2D eigenvalue weighted by molar-refractivity contribution is 0.199. The summed E-state index contributed by atoms with van der Waals surface area (Å²) in [7, 11) is 1.66. The average molecular weight is 342 g/mol. The van der Waals surface area contributed by atoms with Gasteiger partial charge in [-0.15, -0.1) is 0 Å². The summed E-state index contributed by atoms with van der Waals surface area (Å²) in [6.07, 6.45) is 3.49. The van der Waals surface area contributed by atoms with Crippen molar-refractivity contribution in [2.75, 3.05) is 31.7 Å². The van der Waals surface area contributed by atoms with E-state index in [2.05, 4.69) is 31.1 Å². The lowest BCUT2D eigenvalue weighted by Gasteiger charge is -2.31. The summed E-state index contributed by atoms with van der Waals surface area (Å²) in [4.78, 5) is 15.3. The predicted octanol–water partition coefficient (Wildman–Crippen LogP) is 1.69. The van der Waals surface area contributed by atoms with Crippen LogP contribution in [0.4, 0.5) is 5.95 Å². The molecule has 1 aliphatic heterocycles. The number of aromatic nitrogens is 4. The zero-order valence-corrected chi connectivity index (χ0v) is 14.6. The Morgan fingerprint density at radius 3 is 2.84 bits per heavy atom. The van der Waals surface area contributed by atoms with Gasteiger partial charge in [-0.1, -0.05) is 5.16 Å². The van der Waals surface area contributed by atoms with E-state index in [1.807, 2.05) is 6.92 Å². The van der Waals surface area contributed by atoms with Crippen LogP contribution in [-0.2, 0) is 17.6 Å². The number of ether oxygens (including phenoxy) is 1. The van der Waals surface area contributed by atoms with E-state index in [0.29, 0.717) is 42.3 Å². The number of nitriles is 1. The van der Waals surface area contributed by atoms with Gasteiger partial charge in [0.05, 0.1) is 6.61 Å². The minimum atomic E-state index is 0.416. The third-order valence-electron chi connectivity index (χ3n) is 4.36. The molecule has 0 amide bonds. The molecule has 8 heteroatoms. The number of hydrogen-bond acceptors (Lipinski definition) is 8. The van der Waals surface area contributed by atoms with Crippen molar-refractivity contribution >= 4 is 5.95 Å². The van der Waals surface area contributed by atoms with Gasteiger partial charge in [0.1, 0.15) is 11.8 Å². The van der Waals surface area contributed by atoms with Gasteiger partial charge in [-0.3, -0.25) is 0 Å². The van der Waals surface area contributed by atoms with Crippen LogP contribution >= 0.6 is 0 Å². The molecule has 0 aromatic carbocycles. The first-order valence-corrected chi connectivity index (χ1v) is 8.49. The predicted molar refractivity (Wildman–Crippen MR) is 90.0 cm³/mol. The molecule has 8 nitrogen and oxygen atoms in total. The van der Waals surface area contributed by atoms with Crippen LogP contribution in [0.5, 0.6) is 0 Å². The lowest BCUT2D eigenvalue weighted by atomic mass is 9.94. The van der Waals surface area contributed by atoms with Crippen molar-refractivity contribution in [3.05, 3.63) is 29.2 Å². The second kappa shape index (κ2) is 8.03. The van der Waals surface area contributed by atoms with Crippen LogP contribution in [0.1, 0.15) is 35.9 Å². The van der Waals surface area contributed by atoms with Crippen LogP contribution in [0.25, 0.3) is 0 Å². The molecular formula is C17H22N6O2. The molecule has 0 saturated carbocycles. The van der Waals surface area contributed by atoms with Crippen molar-refractivity contribution in [3.63, 3.8) is 0 Å². The van der Waals surface area contributed by atoms with Crippen molar-refractivity contribution < 1.29 is 9.26 Å². The van der Waals surface area contributed by atoms with Crippen molar-refractivity contribution in [2.45, 2.75) is 32.6 Å². The largest absolute Gasteiger partial charge is 0.384 e. The molecule has 25 heavy (non-hydrogen) atoms. The van der Waals surface area contributed by atoms with Crippen molar-refractivity contribution in [1.29, 1.82) is 5.26 Å². The molecule has 1 saturated heterocycles. The van der Waals surface area contributed by atoms with Crippen LogP contribution < -0.4 is 4.90 Å². The van der Waals surface area contributed by atoms with Gasteiger partial charge in [0, 0.05) is 38.7 Å². The molecule has 0 bridgehead atoms. The fourth-order valence-electron chi connectivity index (χ4n) is 3.00. The van der Waals surface area contributed by atoms with Crippen LogP contribution in [-0.4, -0.2) is 46.9 Å². The summed E-state index contributed by atoms with van der Waals surface area (Å²) >= 11 is 0. The minimum Gasteiger partial charge on any atom is -0.384 e. The lowest BCUT2D eigenvalue weighted by Crippen LogP contribution is -2.35. The molecule has 1 fully saturated rings. The molecule has 132 valence electrons. The highest BCUT2D eigenvalue weighted by molar-refractivity contribution is 5.36. The maximum atomic E-state index is 9.06. The molecule has 0 N–H and O–H groups in total. The fraction of sp³-hybridized carbons (Fsp3) is 0.588. The first-order valence-electron chi connectivity index (χ1n) is 8.49. The average Bonchev–Trinajstić information content (AvgIpc) is 3.07. The van der Waals surface area contributed by atoms with E-state index in [1.54, 1.807) is 13.2 Å². The molecule has 3 rings (SSSR count). The van der Waals surface area contributed by atoms with Gasteiger partial charge in [-0.05, 0) is 31.7 Å². The van der Waals surface area contributed by atoms with Crippen molar-refractivity contribution in [2.24, 2.45) is 5.92 Å². The second-order valence-electron chi connectivity index (χ2n) is 6.29. The Balaban J connectivity index is 1.54. The van der Waals surface area contributed by atoms with E-state index in [4.69, 9.17) is 14.5 Å². The summed E-state index contributed by atoms with van der Waals surface area (Å²) in [5.41, 5.74) is 1.23. The molecule has 3 heterocycles. The maximum absolute atomic E-state index is 9.06. The Labute approximate surface area is 146 Å². The summed E-state index contributed by atoms with van der Waals surface area (Å²) in [6.45, 7) is 4.21. The number of hydrogen-bond donors (Lipinski definition) is 0. The molecule has 0 atom stereocenters. The van der Waals surface area contributed by atoms with E-state index >= 15 is 0 Å². The van der Waals surface area contributed by atoms with Crippen molar-refractivity contribution in [1.82, 2.24) is 20.1 Å². The Morgan fingerprint density at radius 1 is 1.32 bits per heavy atom. The van der Waals surface area contributed by atoms with Crippen molar-refractivity contribution in [3.8, 4) is 6.07 Å². The molecule has 0 radical (unpaired) electrons. The van der Waals surface area contributed by atoms with E-state index < -0.39 is 0 Å². The summed E-state index contributed by atoms with van der Waals surface area (Å²) in [6, 6.07) is 3.79. The first kappa shape index (κ1) is 17.3. The number of nitrogens with zero attached hydrogens (tertiary/aromatic N) is 6. The summed E-state index contributed by atoms with van der Waals surface area (Å²) in [5.74, 6) is 2.55. The number of piperidine rings is 1. The van der Waals surface area contributed by atoms with E-state index in [-0.39, 0.29) is 0 Å². The summed E-state index contributed by atoms with van der Waals surface area (Å²) in [5, 5.41) is 13.0. The van der Waals surface area contributed by atoms with Gasteiger partial charge < -0.3 is 14.2 Å².